The van der Waals surface area contributed by atoms with Crippen LogP contribution in [-0.4, -0.2) is 39.8 Å². The molecule has 0 aromatic carbocycles. The van der Waals surface area contributed by atoms with E-state index in [-0.39, 0.29) is 0 Å². The highest BCUT2D eigenvalue weighted by atomic mass is 15.0. The van der Waals surface area contributed by atoms with Crippen molar-refractivity contribution in [1.29, 1.82) is 0 Å². The summed E-state index contributed by atoms with van der Waals surface area (Å²) in [6.45, 7) is 3.37. The lowest BCUT2D eigenvalue weighted by Gasteiger charge is -2.16. The molecule has 1 rings (SSSR count). The molecule has 1 heterocycles. The molecule has 60 valence electrons. The first-order valence-electron chi connectivity index (χ1n) is 3.91. The Bertz CT molecular complexity index is 94.9. The quantitative estimate of drug-likeness (QED) is 0.475. The van der Waals surface area contributed by atoms with Crippen molar-refractivity contribution in [2.75, 3.05) is 33.7 Å². The van der Waals surface area contributed by atoms with Gasteiger partial charge in [0.05, 0.1) is 0 Å². The molecule has 2 atom stereocenters. The molecule has 0 amide bonds. The fourth-order valence-corrected chi connectivity index (χ4v) is 1.55. The van der Waals surface area contributed by atoms with Gasteiger partial charge in [-0.05, 0) is 14.1 Å². The van der Waals surface area contributed by atoms with Gasteiger partial charge in [0.25, 0.3) is 0 Å². The van der Waals surface area contributed by atoms with Crippen molar-refractivity contribution in [2.45, 2.75) is 6.04 Å². The number of likely N-dealkylation sites (N-methyl/N-ethyl adjacent to an activating group) is 1. The number of hydrogen-bond donors (Lipinski definition) is 3. The Balaban J connectivity index is 2.27. The molecule has 2 unspecified atom stereocenters. The minimum atomic E-state index is 0.660. The minimum absolute atomic E-state index is 0.660. The molecule has 0 aromatic rings. The highest BCUT2D eigenvalue weighted by molar-refractivity contribution is 4.86. The lowest BCUT2D eigenvalue weighted by Crippen LogP contribution is -2.37. The van der Waals surface area contributed by atoms with Gasteiger partial charge in [0.2, 0.25) is 0 Å². The Labute approximate surface area is 62.6 Å². The summed E-state index contributed by atoms with van der Waals surface area (Å²) in [5.74, 6) is 0.759. The number of nitrogens with one attached hydrogen (secondary N) is 3. The molecule has 0 bridgehead atoms. The molecule has 1 fully saturated rings. The van der Waals surface area contributed by atoms with Crippen LogP contribution in [0.1, 0.15) is 0 Å². The predicted molar refractivity (Wildman–Crippen MR) is 43.1 cm³/mol. The van der Waals surface area contributed by atoms with Crippen molar-refractivity contribution in [3.8, 4) is 0 Å². The Morgan fingerprint density at radius 2 is 2.20 bits per heavy atom. The van der Waals surface area contributed by atoms with E-state index < -0.39 is 0 Å². The molecule has 0 spiro atoms. The zero-order valence-electron chi connectivity index (χ0n) is 6.78. The molecule has 0 radical (unpaired) electrons. The Hall–Kier alpha value is -0.120. The molecule has 3 N–H and O–H groups in total. The smallest absolute Gasteiger partial charge is 0.0241 e. The van der Waals surface area contributed by atoms with Crippen LogP contribution in [0, 0.1) is 5.92 Å². The summed E-state index contributed by atoms with van der Waals surface area (Å²) in [6.07, 6.45) is 0. The maximum Gasteiger partial charge on any atom is 0.0241 e. The summed E-state index contributed by atoms with van der Waals surface area (Å²) >= 11 is 0. The zero-order chi connectivity index (χ0) is 7.40. The van der Waals surface area contributed by atoms with Gasteiger partial charge in [-0.1, -0.05) is 0 Å². The standard InChI is InChI=1S/C7H17N3/c1-8-3-6-4-10-5-7(6)9-2/h6-10H,3-5H2,1-2H3. The molecule has 0 saturated carbocycles. The second-order valence-corrected chi connectivity index (χ2v) is 2.87. The van der Waals surface area contributed by atoms with Crippen LogP contribution >= 0.6 is 0 Å². The van der Waals surface area contributed by atoms with E-state index in [1.165, 1.54) is 0 Å². The summed E-state index contributed by atoms with van der Waals surface area (Å²) in [6, 6.07) is 0.660. The molecule has 1 aliphatic heterocycles. The van der Waals surface area contributed by atoms with Crippen LogP contribution in [0.2, 0.25) is 0 Å². The molecular weight excluding hydrogens is 126 g/mol. The molecule has 0 aliphatic carbocycles. The van der Waals surface area contributed by atoms with E-state index in [4.69, 9.17) is 0 Å². The fraction of sp³-hybridized carbons (Fsp3) is 1.00. The Morgan fingerprint density at radius 3 is 2.80 bits per heavy atom. The van der Waals surface area contributed by atoms with Gasteiger partial charge < -0.3 is 16.0 Å². The number of hydrogen-bond acceptors (Lipinski definition) is 3. The molecule has 1 aliphatic rings. The van der Waals surface area contributed by atoms with Gasteiger partial charge in [-0.25, -0.2) is 0 Å². The van der Waals surface area contributed by atoms with Gasteiger partial charge in [0.1, 0.15) is 0 Å². The summed E-state index contributed by atoms with van der Waals surface area (Å²) in [5.41, 5.74) is 0. The van der Waals surface area contributed by atoms with Gasteiger partial charge in [-0.3, -0.25) is 0 Å². The van der Waals surface area contributed by atoms with Crippen molar-refractivity contribution >= 4 is 0 Å². The van der Waals surface area contributed by atoms with Crippen LogP contribution in [0.15, 0.2) is 0 Å². The van der Waals surface area contributed by atoms with Gasteiger partial charge in [-0.15, -0.1) is 0 Å². The van der Waals surface area contributed by atoms with Gasteiger partial charge >= 0.3 is 0 Å². The average Bonchev–Trinajstić information content (AvgIpc) is 2.36. The van der Waals surface area contributed by atoms with Crippen molar-refractivity contribution < 1.29 is 0 Å². The average molecular weight is 143 g/mol. The van der Waals surface area contributed by atoms with Gasteiger partial charge in [-0.2, -0.15) is 0 Å². The molecular formula is C7H17N3. The van der Waals surface area contributed by atoms with E-state index in [9.17, 15) is 0 Å². The summed E-state index contributed by atoms with van der Waals surface area (Å²) in [5, 5.41) is 9.85. The third kappa shape index (κ3) is 1.68. The highest BCUT2D eigenvalue weighted by Gasteiger charge is 2.24. The van der Waals surface area contributed by atoms with Crippen LogP contribution in [0.5, 0.6) is 0 Å². The van der Waals surface area contributed by atoms with Crippen LogP contribution in [0.4, 0.5) is 0 Å². The largest absolute Gasteiger partial charge is 0.319 e. The molecule has 10 heavy (non-hydrogen) atoms. The van der Waals surface area contributed by atoms with Gasteiger partial charge in [0, 0.05) is 31.6 Å². The summed E-state index contributed by atoms with van der Waals surface area (Å²) < 4.78 is 0. The molecule has 0 aromatic heterocycles. The van der Waals surface area contributed by atoms with Crippen LogP contribution < -0.4 is 16.0 Å². The fourth-order valence-electron chi connectivity index (χ4n) is 1.55. The monoisotopic (exact) mass is 143 g/mol. The zero-order valence-corrected chi connectivity index (χ0v) is 6.78. The van der Waals surface area contributed by atoms with Crippen molar-refractivity contribution in [1.82, 2.24) is 16.0 Å². The Morgan fingerprint density at radius 1 is 1.40 bits per heavy atom. The van der Waals surface area contributed by atoms with Crippen LogP contribution in [0.3, 0.4) is 0 Å². The molecule has 3 heteroatoms. The van der Waals surface area contributed by atoms with Crippen molar-refractivity contribution in [3.05, 3.63) is 0 Å². The van der Waals surface area contributed by atoms with E-state index in [0.29, 0.717) is 6.04 Å². The van der Waals surface area contributed by atoms with E-state index >= 15 is 0 Å². The minimum Gasteiger partial charge on any atom is -0.319 e. The van der Waals surface area contributed by atoms with Crippen LogP contribution in [-0.2, 0) is 0 Å². The maximum atomic E-state index is 3.36. The van der Waals surface area contributed by atoms with E-state index in [1.54, 1.807) is 0 Å². The second kappa shape index (κ2) is 3.91. The normalized spacial score (nSPS) is 33.0. The number of rotatable bonds is 3. The molecule has 1 saturated heterocycles. The third-order valence-electron chi connectivity index (χ3n) is 2.18. The van der Waals surface area contributed by atoms with E-state index in [0.717, 1.165) is 25.6 Å². The van der Waals surface area contributed by atoms with Crippen molar-refractivity contribution in [3.63, 3.8) is 0 Å². The maximum absolute atomic E-state index is 3.36. The van der Waals surface area contributed by atoms with Gasteiger partial charge in [0.15, 0.2) is 0 Å². The van der Waals surface area contributed by atoms with E-state index in [1.807, 2.05) is 14.1 Å². The topological polar surface area (TPSA) is 36.1 Å². The lowest BCUT2D eigenvalue weighted by atomic mass is 10.0. The van der Waals surface area contributed by atoms with E-state index in [2.05, 4.69) is 16.0 Å². The second-order valence-electron chi connectivity index (χ2n) is 2.87. The first-order chi connectivity index (χ1) is 4.88. The Kier molecular flexibility index (Phi) is 3.12. The first kappa shape index (κ1) is 7.98. The third-order valence-corrected chi connectivity index (χ3v) is 2.18. The summed E-state index contributed by atoms with van der Waals surface area (Å²) in [4.78, 5) is 0. The predicted octanol–water partition coefficient (Wildman–Crippen LogP) is -0.987. The van der Waals surface area contributed by atoms with Crippen LogP contribution in [0.25, 0.3) is 0 Å². The SMILES string of the molecule is CNCC1CNCC1NC. The highest BCUT2D eigenvalue weighted by Crippen LogP contribution is 2.06. The summed E-state index contributed by atoms with van der Waals surface area (Å²) in [7, 11) is 4.03. The first-order valence-corrected chi connectivity index (χ1v) is 3.91. The molecule has 3 nitrogen and oxygen atoms in total. The van der Waals surface area contributed by atoms with Crippen molar-refractivity contribution in [2.24, 2.45) is 5.92 Å². The lowest BCUT2D eigenvalue weighted by molar-refractivity contribution is 0.439.